The molecular weight excluding hydrogens is 286 g/mol. The number of para-hydroxylation sites is 1. The van der Waals surface area contributed by atoms with Crippen LogP contribution in [0.15, 0.2) is 48.5 Å². The van der Waals surface area contributed by atoms with Crippen molar-refractivity contribution in [3.05, 3.63) is 64.7 Å². The fraction of sp³-hybridized carbons (Fsp3) is 0.235. The minimum Gasteiger partial charge on any atom is -0.491 e. The van der Waals surface area contributed by atoms with Crippen molar-refractivity contribution in [2.45, 2.75) is 13.3 Å². The van der Waals surface area contributed by atoms with Crippen molar-refractivity contribution >= 4 is 17.5 Å². The predicted molar refractivity (Wildman–Crippen MR) is 84.8 cm³/mol. The number of nitrogens with one attached hydrogen (secondary N) is 1. The Labute approximate surface area is 129 Å². The summed E-state index contributed by atoms with van der Waals surface area (Å²) in [4.78, 5) is 11.8. The Hall–Kier alpha value is -2.00. The van der Waals surface area contributed by atoms with Gasteiger partial charge in [-0.2, -0.15) is 0 Å². The SMILES string of the molecule is Cc1ccccc1OCCNC(=O)Cc1ccc(Cl)cc1. The topological polar surface area (TPSA) is 38.3 Å². The summed E-state index contributed by atoms with van der Waals surface area (Å²) in [5.41, 5.74) is 2.03. The molecule has 2 aromatic carbocycles. The molecule has 0 saturated carbocycles. The van der Waals surface area contributed by atoms with E-state index in [2.05, 4.69) is 5.32 Å². The molecule has 2 aromatic rings. The molecule has 0 fully saturated rings. The molecule has 0 aliphatic heterocycles. The summed E-state index contributed by atoms with van der Waals surface area (Å²) in [5, 5.41) is 3.51. The Kier molecular flexibility index (Phi) is 5.64. The molecular formula is C17H18ClNO2. The van der Waals surface area contributed by atoms with Crippen LogP contribution in [0.4, 0.5) is 0 Å². The van der Waals surface area contributed by atoms with E-state index in [1.807, 2.05) is 43.3 Å². The number of carbonyl (C=O) groups is 1. The van der Waals surface area contributed by atoms with Crippen molar-refractivity contribution < 1.29 is 9.53 Å². The van der Waals surface area contributed by atoms with Gasteiger partial charge < -0.3 is 10.1 Å². The molecule has 2 rings (SSSR count). The van der Waals surface area contributed by atoms with Gasteiger partial charge in [0.1, 0.15) is 12.4 Å². The van der Waals surface area contributed by atoms with Gasteiger partial charge in [0.15, 0.2) is 0 Å². The Morgan fingerprint density at radius 3 is 2.57 bits per heavy atom. The van der Waals surface area contributed by atoms with Crippen LogP contribution in [0.5, 0.6) is 5.75 Å². The highest BCUT2D eigenvalue weighted by Crippen LogP contribution is 2.15. The second-order valence-corrected chi connectivity index (χ2v) is 5.20. The molecule has 0 radical (unpaired) electrons. The van der Waals surface area contributed by atoms with E-state index < -0.39 is 0 Å². The summed E-state index contributed by atoms with van der Waals surface area (Å²) in [6.07, 6.45) is 0.349. The first kappa shape index (κ1) is 15.4. The smallest absolute Gasteiger partial charge is 0.224 e. The zero-order valence-corrected chi connectivity index (χ0v) is 12.7. The molecule has 0 spiro atoms. The lowest BCUT2D eigenvalue weighted by Gasteiger charge is -2.09. The molecule has 4 heteroatoms. The van der Waals surface area contributed by atoms with E-state index >= 15 is 0 Å². The zero-order chi connectivity index (χ0) is 15.1. The maximum absolute atomic E-state index is 11.8. The normalized spacial score (nSPS) is 10.2. The summed E-state index contributed by atoms with van der Waals surface area (Å²) in [5.74, 6) is 0.829. The van der Waals surface area contributed by atoms with Crippen LogP contribution < -0.4 is 10.1 Å². The third kappa shape index (κ3) is 5.12. The minimum absolute atomic E-state index is 0.0225. The molecule has 110 valence electrons. The quantitative estimate of drug-likeness (QED) is 0.831. The van der Waals surface area contributed by atoms with E-state index in [0.29, 0.717) is 24.6 Å². The predicted octanol–water partition coefficient (Wildman–Crippen LogP) is 3.39. The number of hydrogen-bond donors (Lipinski definition) is 1. The van der Waals surface area contributed by atoms with E-state index in [9.17, 15) is 4.79 Å². The standard InChI is InChI=1S/C17H18ClNO2/c1-13-4-2-3-5-16(13)21-11-10-19-17(20)12-14-6-8-15(18)9-7-14/h2-9H,10-12H2,1H3,(H,19,20). The van der Waals surface area contributed by atoms with Crippen molar-refractivity contribution in [3.8, 4) is 5.75 Å². The monoisotopic (exact) mass is 303 g/mol. The fourth-order valence-corrected chi connectivity index (χ4v) is 2.05. The zero-order valence-electron chi connectivity index (χ0n) is 11.9. The number of aryl methyl sites for hydroxylation is 1. The van der Waals surface area contributed by atoms with Crippen molar-refractivity contribution in [2.75, 3.05) is 13.2 Å². The van der Waals surface area contributed by atoms with Gasteiger partial charge >= 0.3 is 0 Å². The second-order valence-electron chi connectivity index (χ2n) is 4.77. The van der Waals surface area contributed by atoms with Crippen LogP contribution in [-0.2, 0) is 11.2 Å². The lowest BCUT2D eigenvalue weighted by molar-refractivity contribution is -0.120. The van der Waals surface area contributed by atoms with Crippen molar-refractivity contribution in [3.63, 3.8) is 0 Å². The molecule has 3 nitrogen and oxygen atoms in total. The maximum Gasteiger partial charge on any atom is 0.224 e. The van der Waals surface area contributed by atoms with Gasteiger partial charge in [-0.3, -0.25) is 4.79 Å². The number of benzene rings is 2. The molecule has 0 bridgehead atoms. The number of hydrogen-bond acceptors (Lipinski definition) is 2. The third-order valence-electron chi connectivity index (χ3n) is 3.05. The Morgan fingerprint density at radius 2 is 1.86 bits per heavy atom. The number of rotatable bonds is 6. The average molecular weight is 304 g/mol. The molecule has 0 unspecified atom stereocenters. The van der Waals surface area contributed by atoms with Gasteiger partial charge in [0.25, 0.3) is 0 Å². The summed E-state index contributed by atoms with van der Waals surface area (Å²) in [7, 11) is 0. The molecule has 0 saturated heterocycles. The third-order valence-corrected chi connectivity index (χ3v) is 3.31. The van der Waals surface area contributed by atoms with E-state index in [0.717, 1.165) is 16.9 Å². The summed E-state index contributed by atoms with van der Waals surface area (Å²) in [6, 6.07) is 15.1. The van der Waals surface area contributed by atoms with Crippen molar-refractivity contribution in [2.24, 2.45) is 0 Å². The minimum atomic E-state index is -0.0225. The molecule has 0 heterocycles. The first-order valence-corrected chi connectivity index (χ1v) is 7.22. The van der Waals surface area contributed by atoms with Gasteiger partial charge in [0.05, 0.1) is 13.0 Å². The van der Waals surface area contributed by atoms with E-state index in [1.165, 1.54) is 0 Å². The highest BCUT2D eigenvalue weighted by atomic mass is 35.5. The highest BCUT2D eigenvalue weighted by Gasteiger charge is 2.03. The molecule has 1 N–H and O–H groups in total. The van der Waals surface area contributed by atoms with Crippen LogP contribution in [-0.4, -0.2) is 19.1 Å². The molecule has 0 atom stereocenters. The van der Waals surface area contributed by atoms with E-state index in [1.54, 1.807) is 12.1 Å². The second kappa shape index (κ2) is 7.70. The van der Waals surface area contributed by atoms with Gasteiger partial charge in [0, 0.05) is 5.02 Å². The van der Waals surface area contributed by atoms with Crippen LogP contribution in [0.25, 0.3) is 0 Å². The van der Waals surface area contributed by atoms with Crippen molar-refractivity contribution in [1.29, 1.82) is 0 Å². The van der Waals surface area contributed by atoms with Crippen molar-refractivity contribution in [1.82, 2.24) is 5.32 Å². The van der Waals surface area contributed by atoms with Crippen LogP contribution >= 0.6 is 11.6 Å². The maximum atomic E-state index is 11.8. The van der Waals surface area contributed by atoms with Crippen LogP contribution in [0.3, 0.4) is 0 Å². The number of halogens is 1. The molecule has 0 aliphatic carbocycles. The Bertz CT molecular complexity index is 596. The van der Waals surface area contributed by atoms with Gasteiger partial charge in [-0.15, -0.1) is 0 Å². The molecule has 0 aliphatic rings. The van der Waals surface area contributed by atoms with Crippen LogP contribution in [0.2, 0.25) is 5.02 Å². The average Bonchev–Trinajstić information content (AvgIpc) is 2.48. The first-order valence-electron chi connectivity index (χ1n) is 6.85. The number of ether oxygens (including phenoxy) is 1. The lowest BCUT2D eigenvalue weighted by Crippen LogP contribution is -2.29. The molecule has 21 heavy (non-hydrogen) atoms. The first-order chi connectivity index (χ1) is 10.1. The molecule has 0 aromatic heterocycles. The van der Waals surface area contributed by atoms with Gasteiger partial charge in [0.2, 0.25) is 5.91 Å². The van der Waals surface area contributed by atoms with Gasteiger partial charge in [-0.1, -0.05) is 41.9 Å². The number of amides is 1. The fourth-order valence-electron chi connectivity index (χ4n) is 1.92. The van der Waals surface area contributed by atoms with Gasteiger partial charge in [-0.05, 0) is 36.2 Å². The van der Waals surface area contributed by atoms with Crippen LogP contribution in [0, 0.1) is 6.92 Å². The highest BCUT2D eigenvalue weighted by molar-refractivity contribution is 6.30. The van der Waals surface area contributed by atoms with Crippen LogP contribution in [0.1, 0.15) is 11.1 Å². The Balaban J connectivity index is 1.70. The summed E-state index contributed by atoms with van der Waals surface area (Å²) >= 11 is 5.80. The number of carbonyl (C=O) groups excluding carboxylic acids is 1. The van der Waals surface area contributed by atoms with E-state index in [4.69, 9.17) is 16.3 Å². The summed E-state index contributed by atoms with van der Waals surface area (Å²) < 4.78 is 5.62. The Morgan fingerprint density at radius 1 is 1.14 bits per heavy atom. The summed E-state index contributed by atoms with van der Waals surface area (Å²) in [6.45, 7) is 2.94. The van der Waals surface area contributed by atoms with E-state index in [-0.39, 0.29) is 5.91 Å². The molecule has 1 amide bonds. The lowest BCUT2D eigenvalue weighted by atomic mass is 10.1. The van der Waals surface area contributed by atoms with Gasteiger partial charge in [-0.25, -0.2) is 0 Å². The largest absolute Gasteiger partial charge is 0.491 e.